The van der Waals surface area contributed by atoms with Gasteiger partial charge in [-0.25, -0.2) is 4.98 Å². The summed E-state index contributed by atoms with van der Waals surface area (Å²) in [5.74, 6) is 0.875. The van der Waals surface area contributed by atoms with Crippen LogP contribution in [0, 0.1) is 6.92 Å². The molecule has 4 nitrogen and oxygen atoms in total. The van der Waals surface area contributed by atoms with E-state index < -0.39 is 0 Å². The van der Waals surface area contributed by atoms with Crippen LogP contribution in [0.5, 0.6) is 5.75 Å². The normalized spacial score (nSPS) is 10.9. The molecule has 1 aromatic carbocycles. The molecule has 0 spiro atoms. The Bertz CT molecular complexity index is 801. The van der Waals surface area contributed by atoms with Gasteiger partial charge in [0.25, 0.3) is 0 Å². The summed E-state index contributed by atoms with van der Waals surface area (Å²) >= 11 is 1.42. The van der Waals surface area contributed by atoms with Gasteiger partial charge in [0.15, 0.2) is 10.7 Å². The van der Waals surface area contributed by atoms with E-state index in [1.165, 1.54) is 11.3 Å². The van der Waals surface area contributed by atoms with E-state index in [1.807, 2.05) is 41.8 Å². The monoisotopic (exact) mass is 286 g/mol. The number of fused-ring (bicyclic) bond motifs is 1. The first-order valence-corrected chi connectivity index (χ1v) is 7.06. The second kappa shape index (κ2) is 4.76. The molecule has 0 amide bonds. The van der Waals surface area contributed by atoms with Crippen molar-refractivity contribution in [2.45, 2.75) is 13.8 Å². The summed E-state index contributed by atoms with van der Waals surface area (Å²) in [6.07, 6.45) is 1.95. The number of ketones is 1. The lowest BCUT2D eigenvalue weighted by atomic mass is 10.1. The standard InChI is InChI=1S/C15H14N2O2S/c1-9-14(10(2)18)20-15-16-12(8-17(9)15)11-6-4-5-7-13(11)19-3/h4-8H,1-3H3. The van der Waals surface area contributed by atoms with E-state index in [-0.39, 0.29) is 5.78 Å². The molecule has 0 aliphatic heterocycles. The third kappa shape index (κ3) is 1.91. The van der Waals surface area contributed by atoms with Gasteiger partial charge in [0.2, 0.25) is 0 Å². The van der Waals surface area contributed by atoms with E-state index in [2.05, 4.69) is 4.98 Å². The van der Waals surface area contributed by atoms with Crippen molar-refractivity contribution in [1.82, 2.24) is 9.38 Å². The second-order valence-corrected chi connectivity index (χ2v) is 5.53. The molecular weight excluding hydrogens is 272 g/mol. The van der Waals surface area contributed by atoms with Gasteiger partial charge in [0, 0.05) is 24.4 Å². The van der Waals surface area contributed by atoms with Gasteiger partial charge in [0.05, 0.1) is 17.7 Å². The van der Waals surface area contributed by atoms with E-state index in [4.69, 9.17) is 4.74 Å². The van der Waals surface area contributed by atoms with Gasteiger partial charge in [-0.2, -0.15) is 0 Å². The SMILES string of the molecule is COc1ccccc1-c1cn2c(C)c(C(C)=O)sc2n1. The number of Topliss-reactive ketones (excluding diaryl/α,β-unsaturated/α-hetero) is 1. The van der Waals surface area contributed by atoms with E-state index in [0.717, 1.165) is 32.5 Å². The summed E-state index contributed by atoms with van der Waals surface area (Å²) < 4.78 is 7.33. The Labute approximate surface area is 120 Å². The van der Waals surface area contributed by atoms with E-state index in [0.29, 0.717) is 0 Å². The molecule has 0 unspecified atom stereocenters. The van der Waals surface area contributed by atoms with Crippen LogP contribution < -0.4 is 4.74 Å². The highest BCUT2D eigenvalue weighted by Gasteiger charge is 2.16. The third-order valence-corrected chi connectivity index (χ3v) is 4.52. The number of carbonyl (C=O) groups excluding carboxylic acids is 1. The fraction of sp³-hybridized carbons (Fsp3) is 0.200. The molecule has 0 fully saturated rings. The molecule has 0 saturated carbocycles. The smallest absolute Gasteiger partial charge is 0.195 e. The molecule has 3 aromatic rings. The first kappa shape index (κ1) is 12.9. The maximum atomic E-state index is 11.5. The Balaban J connectivity index is 2.17. The highest BCUT2D eigenvalue weighted by Crippen LogP contribution is 2.32. The van der Waals surface area contributed by atoms with Gasteiger partial charge >= 0.3 is 0 Å². The highest BCUT2D eigenvalue weighted by atomic mass is 32.1. The number of para-hydroxylation sites is 1. The molecule has 0 N–H and O–H groups in total. The number of carbonyl (C=O) groups is 1. The van der Waals surface area contributed by atoms with Crippen molar-refractivity contribution in [3.8, 4) is 17.0 Å². The van der Waals surface area contributed by atoms with Gasteiger partial charge < -0.3 is 4.74 Å². The van der Waals surface area contributed by atoms with Crippen LogP contribution in [-0.2, 0) is 0 Å². The topological polar surface area (TPSA) is 43.6 Å². The average molecular weight is 286 g/mol. The summed E-state index contributed by atoms with van der Waals surface area (Å²) in [6, 6.07) is 7.78. The predicted octanol–water partition coefficient (Wildman–Crippen LogP) is 3.58. The minimum Gasteiger partial charge on any atom is -0.496 e. The average Bonchev–Trinajstić information content (AvgIpc) is 2.99. The molecule has 102 valence electrons. The van der Waals surface area contributed by atoms with E-state index in [9.17, 15) is 4.79 Å². The summed E-state index contributed by atoms with van der Waals surface area (Å²) in [5, 5.41) is 0. The van der Waals surface area contributed by atoms with E-state index >= 15 is 0 Å². The lowest BCUT2D eigenvalue weighted by molar-refractivity contribution is 0.102. The molecule has 0 aliphatic rings. The number of thiazole rings is 1. The van der Waals surface area contributed by atoms with Crippen molar-refractivity contribution >= 4 is 22.1 Å². The van der Waals surface area contributed by atoms with Gasteiger partial charge in [-0.1, -0.05) is 23.5 Å². The van der Waals surface area contributed by atoms with Gasteiger partial charge in [0.1, 0.15) is 5.75 Å². The quantitative estimate of drug-likeness (QED) is 0.691. The van der Waals surface area contributed by atoms with Crippen molar-refractivity contribution in [3.63, 3.8) is 0 Å². The molecule has 3 rings (SSSR count). The van der Waals surface area contributed by atoms with Crippen molar-refractivity contribution in [2.24, 2.45) is 0 Å². The summed E-state index contributed by atoms with van der Waals surface area (Å²) in [4.78, 5) is 17.7. The third-order valence-electron chi connectivity index (χ3n) is 3.26. The Kier molecular flexibility index (Phi) is 3.06. The molecule has 0 atom stereocenters. The summed E-state index contributed by atoms with van der Waals surface area (Å²) in [7, 11) is 1.65. The molecular formula is C15H14N2O2S. The number of methoxy groups -OCH3 is 1. The van der Waals surface area contributed by atoms with Gasteiger partial charge in [-0.3, -0.25) is 9.20 Å². The fourth-order valence-electron chi connectivity index (χ4n) is 2.26. The Hall–Kier alpha value is -2.14. The molecule has 5 heteroatoms. The lowest BCUT2D eigenvalue weighted by Crippen LogP contribution is -1.92. The molecule has 0 aliphatic carbocycles. The lowest BCUT2D eigenvalue weighted by Gasteiger charge is -2.04. The van der Waals surface area contributed by atoms with Crippen LogP contribution in [0.1, 0.15) is 22.3 Å². The zero-order chi connectivity index (χ0) is 14.3. The van der Waals surface area contributed by atoms with Crippen LogP contribution >= 0.6 is 11.3 Å². The number of ether oxygens (including phenoxy) is 1. The molecule has 0 saturated heterocycles. The first-order valence-electron chi connectivity index (χ1n) is 6.24. The minimum absolute atomic E-state index is 0.0804. The molecule has 0 radical (unpaired) electrons. The number of rotatable bonds is 3. The van der Waals surface area contributed by atoms with E-state index in [1.54, 1.807) is 14.0 Å². The van der Waals surface area contributed by atoms with Crippen LogP contribution in [-0.4, -0.2) is 22.3 Å². The number of benzene rings is 1. The fourth-order valence-corrected chi connectivity index (χ4v) is 3.27. The van der Waals surface area contributed by atoms with Gasteiger partial charge in [-0.15, -0.1) is 0 Å². The Morgan fingerprint density at radius 2 is 2.10 bits per heavy atom. The van der Waals surface area contributed by atoms with Crippen LogP contribution in [0.25, 0.3) is 16.2 Å². The molecule has 2 aromatic heterocycles. The van der Waals surface area contributed by atoms with Gasteiger partial charge in [-0.05, 0) is 19.1 Å². The maximum Gasteiger partial charge on any atom is 0.195 e. The first-order chi connectivity index (χ1) is 9.61. The number of aromatic nitrogens is 2. The second-order valence-electron chi connectivity index (χ2n) is 4.55. The Morgan fingerprint density at radius 3 is 2.75 bits per heavy atom. The van der Waals surface area contributed by atoms with Crippen LogP contribution in [0.4, 0.5) is 0 Å². The number of nitrogens with zero attached hydrogens (tertiary/aromatic N) is 2. The van der Waals surface area contributed by atoms with Crippen molar-refractivity contribution in [2.75, 3.05) is 7.11 Å². The van der Waals surface area contributed by atoms with Crippen molar-refractivity contribution in [3.05, 3.63) is 41.0 Å². The number of hydrogen-bond acceptors (Lipinski definition) is 4. The Morgan fingerprint density at radius 1 is 1.35 bits per heavy atom. The number of hydrogen-bond donors (Lipinski definition) is 0. The van der Waals surface area contributed by atoms with Crippen LogP contribution in [0.15, 0.2) is 30.5 Å². The summed E-state index contributed by atoms with van der Waals surface area (Å²) in [6.45, 7) is 3.52. The number of imidazole rings is 1. The highest BCUT2D eigenvalue weighted by molar-refractivity contribution is 7.19. The van der Waals surface area contributed by atoms with Crippen molar-refractivity contribution in [1.29, 1.82) is 0 Å². The molecule has 2 heterocycles. The zero-order valence-electron chi connectivity index (χ0n) is 11.5. The van der Waals surface area contributed by atoms with Crippen molar-refractivity contribution < 1.29 is 9.53 Å². The summed E-state index contributed by atoms with van der Waals surface area (Å²) in [5.41, 5.74) is 2.74. The van der Waals surface area contributed by atoms with Crippen LogP contribution in [0.2, 0.25) is 0 Å². The molecule has 20 heavy (non-hydrogen) atoms. The largest absolute Gasteiger partial charge is 0.496 e. The minimum atomic E-state index is 0.0804. The number of aryl methyl sites for hydroxylation is 1. The zero-order valence-corrected chi connectivity index (χ0v) is 12.3. The molecule has 0 bridgehead atoms. The van der Waals surface area contributed by atoms with Crippen LogP contribution in [0.3, 0.4) is 0 Å². The maximum absolute atomic E-state index is 11.5. The predicted molar refractivity (Wildman–Crippen MR) is 79.8 cm³/mol.